The predicted octanol–water partition coefficient (Wildman–Crippen LogP) is 3.36. The predicted molar refractivity (Wildman–Crippen MR) is 79.2 cm³/mol. The average molecular weight is 252 g/mol. The van der Waals surface area contributed by atoms with Crippen molar-refractivity contribution in [1.82, 2.24) is 9.88 Å². The molecule has 0 saturated carbocycles. The summed E-state index contributed by atoms with van der Waals surface area (Å²) in [5, 5.41) is 1.39. The number of hydrogen-bond donors (Lipinski definition) is 1. The van der Waals surface area contributed by atoms with E-state index >= 15 is 0 Å². The van der Waals surface area contributed by atoms with Crippen molar-refractivity contribution in [3.63, 3.8) is 0 Å². The Morgan fingerprint density at radius 3 is 2.89 bits per heavy atom. The summed E-state index contributed by atoms with van der Waals surface area (Å²) in [6.07, 6.45) is 10.9. The summed E-state index contributed by atoms with van der Waals surface area (Å²) in [6, 6.07) is 9.31. The molecule has 0 spiro atoms. The topological polar surface area (TPSA) is 19.0 Å². The number of nitrogens with one attached hydrogen (secondary N) is 1. The maximum absolute atomic E-state index is 3.38. The normalized spacial score (nSPS) is 26.3. The zero-order valence-electron chi connectivity index (χ0n) is 11.2. The summed E-state index contributed by atoms with van der Waals surface area (Å²) < 4.78 is 0. The van der Waals surface area contributed by atoms with E-state index in [1.165, 1.54) is 42.4 Å². The minimum absolute atomic E-state index is 0.704. The minimum Gasteiger partial charge on any atom is -0.361 e. The standard InChI is InChI=1S/C17H20N2/c1-2-4-17-16(3-1)14(11-18-17)9-10-19-12-13-5-7-15(19)8-6-13/h1-5,7,11,13,15,18H,6,8-10,12H2. The molecule has 2 bridgehead atoms. The second kappa shape index (κ2) is 4.53. The van der Waals surface area contributed by atoms with Gasteiger partial charge < -0.3 is 4.98 Å². The number of aromatic nitrogens is 1. The molecule has 0 amide bonds. The van der Waals surface area contributed by atoms with Crippen LogP contribution in [-0.2, 0) is 6.42 Å². The van der Waals surface area contributed by atoms with Crippen LogP contribution in [0.4, 0.5) is 0 Å². The molecular formula is C17H20N2. The number of aromatic amines is 1. The molecule has 2 aliphatic heterocycles. The Bertz CT molecular complexity index is 611. The summed E-state index contributed by atoms with van der Waals surface area (Å²) in [5.74, 6) is 0.813. The highest BCUT2D eigenvalue weighted by Crippen LogP contribution is 2.29. The number of nitrogens with zero attached hydrogens (tertiary/aromatic N) is 1. The molecule has 1 N–H and O–H groups in total. The lowest BCUT2D eigenvalue weighted by Gasteiger charge is -2.41. The van der Waals surface area contributed by atoms with Crippen LogP contribution in [0.3, 0.4) is 0 Å². The third-order valence-corrected chi connectivity index (χ3v) is 4.72. The molecular weight excluding hydrogens is 232 g/mol. The smallest absolute Gasteiger partial charge is 0.0456 e. The van der Waals surface area contributed by atoms with Gasteiger partial charge in [-0.1, -0.05) is 30.4 Å². The van der Waals surface area contributed by atoms with Gasteiger partial charge >= 0.3 is 0 Å². The van der Waals surface area contributed by atoms with Gasteiger partial charge in [-0.25, -0.2) is 0 Å². The summed E-state index contributed by atoms with van der Waals surface area (Å²) in [4.78, 5) is 6.04. The van der Waals surface area contributed by atoms with E-state index < -0.39 is 0 Å². The lowest BCUT2D eigenvalue weighted by atomic mass is 9.86. The van der Waals surface area contributed by atoms with Crippen molar-refractivity contribution in [3.05, 3.63) is 48.2 Å². The van der Waals surface area contributed by atoms with Crippen LogP contribution in [0, 0.1) is 5.92 Å². The highest BCUT2D eigenvalue weighted by Gasteiger charge is 2.29. The molecule has 5 rings (SSSR count). The van der Waals surface area contributed by atoms with Gasteiger partial charge in [0.15, 0.2) is 0 Å². The van der Waals surface area contributed by atoms with Gasteiger partial charge in [-0.2, -0.15) is 0 Å². The molecule has 1 aromatic carbocycles. The van der Waals surface area contributed by atoms with Crippen LogP contribution in [0.5, 0.6) is 0 Å². The molecule has 2 nitrogen and oxygen atoms in total. The fourth-order valence-electron chi connectivity index (χ4n) is 3.62. The van der Waals surface area contributed by atoms with E-state index in [0.29, 0.717) is 6.04 Å². The first-order valence-electron chi connectivity index (χ1n) is 7.37. The minimum atomic E-state index is 0.704. The Hall–Kier alpha value is -1.54. The number of rotatable bonds is 3. The highest BCUT2D eigenvalue weighted by atomic mass is 15.2. The molecule has 3 aliphatic rings. The highest BCUT2D eigenvalue weighted by molar-refractivity contribution is 5.83. The van der Waals surface area contributed by atoms with Gasteiger partial charge in [0.2, 0.25) is 0 Å². The maximum Gasteiger partial charge on any atom is 0.0456 e. The van der Waals surface area contributed by atoms with Crippen molar-refractivity contribution in [2.45, 2.75) is 25.3 Å². The fraction of sp³-hybridized carbons (Fsp3) is 0.412. The van der Waals surface area contributed by atoms with E-state index in [1.54, 1.807) is 0 Å². The summed E-state index contributed by atoms with van der Waals surface area (Å²) in [6.45, 7) is 2.46. The van der Waals surface area contributed by atoms with Gasteiger partial charge in [0, 0.05) is 36.2 Å². The molecule has 3 heterocycles. The van der Waals surface area contributed by atoms with Crippen LogP contribution in [0.2, 0.25) is 0 Å². The van der Waals surface area contributed by atoms with Crippen LogP contribution in [-0.4, -0.2) is 29.0 Å². The Morgan fingerprint density at radius 1 is 1.16 bits per heavy atom. The first-order chi connectivity index (χ1) is 9.40. The summed E-state index contributed by atoms with van der Waals surface area (Å²) in [5.41, 5.74) is 2.72. The molecule has 2 heteroatoms. The van der Waals surface area contributed by atoms with Crippen LogP contribution < -0.4 is 0 Å². The number of para-hydroxylation sites is 1. The van der Waals surface area contributed by atoms with Crippen molar-refractivity contribution >= 4 is 10.9 Å². The van der Waals surface area contributed by atoms with Gasteiger partial charge in [-0.05, 0) is 36.8 Å². The SMILES string of the molecule is C1=CC2CCC1CN2CCc1c[nH]c2ccccc12. The lowest BCUT2D eigenvalue weighted by molar-refractivity contribution is 0.139. The number of benzene rings is 1. The van der Waals surface area contributed by atoms with Gasteiger partial charge in [-0.3, -0.25) is 4.90 Å². The fourth-order valence-corrected chi connectivity index (χ4v) is 3.62. The Labute approximate surface area is 114 Å². The molecule has 19 heavy (non-hydrogen) atoms. The molecule has 2 unspecified atom stereocenters. The quantitative estimate of drug-likeness (QED) is 0.830. The van der Waals surface area contributed by atoms with Crippen molar-refractivity contribution < 1.29 is 0 Å². The lowest BCUT2D eigenvalue weighted by Crippen LogP contribution is -2.45. The molecule has 1 aromatic heterocycles. The Balaban J connectivity index is 1.49. The second-order valence-electron chi connectivity index (χ2n) is 5.89. The maximum atomic E-state index is 3.38. The third-order valence-electron chi connectivity index (χ3n) is 4.72. The number of piperidine rings is 1. The number of H-pyrrole nitrogens is 1. The van der Waals surface area contributed by atoms with Crippen LogP contribution in [0.1, 0.15) is 18.4 Å². The molecule has 0 radical (unpaired) electrons. The van der Waals surface area contributed by atoms with Gasteiger partial charge in [0.1, 0.15) is 0 Å². The molecule has 1 fully saturated rings. The van der Waals surface area contributed by atoms with Gasteiger partial charge in [0.25, 0.3) is 0 Å². The Kier molecular flexibility index (Phi) is 2.70. The van der Waals surface area contributed by atoms with Crippen molar-refractivity contribution in [2.75, 3.05) is 13.1 Å². The summed E-state index contributed by atoms with van der Waals surface area (Å²) in [7, 11) is 0. The summed E-state index contributed by atoms with van der Waals surface area (Å²) >= 11 is 0. The van der Waals surface area contributed by atoms with E-state index in [0.717, 1.165) is 12.3 Å². The van der Waals surface area contributed by atoms with Crippen molar-refractivity contribution in [2.24, 2.45) is 5.92 Å². The van der Waals surface area contributed by atoms with Crippen LogP contribution >= 0.6 is 0 Å². The second-order valence-corrected chi connectivity index (χ2v) is 5.89. The van der Waals surface area contributed by atoms with Crippen LogP contribution in [0.15, 0.2) is 42.6 Å². The molecule has 1 aliphatic carbocycles. The zero-order chi connectivity index (χ0) is 12.7. The monoisotopic (exact) mass is 252 g/mol. The van der Waals surface area contributed by atoms with E-state index in [9.17, 15) is 0 Å². The molecule has 1 saturated heterocycles. The largest absolute Gasteiger partial charge is 0.361 e. The van der Waals surface area contributed by atoms with E-state index in [2.05, 4.69) is 52.5 Å². The third kappa shape index (κ3) is 2.00. The molecule has 2 atom stereocenters. The van der Waals surface area contributed by atoms with Crippen molar-refractivity contribution in [3.8, 4) is 0 Å². The van der Waals surface area contributed by atoms with Crippen molar-refractivity contribution in [1.29, 1.82) is 0 Å². The first-order valence-corrected chi connectivity index (χ1v) is 7.37. The zero-order valence-corrected chi connectivity index (χ0v) is 11.2. The molecule has 98 valence electrons. The number of hydrogen-bond acceptors (Lipinski definition) is 1. The van der Waals surface area contributed by atoms with E-state index in [-0.39, 0.29) is 0 Å². The van der Waals surface area contributed by atoms with Gasteiger partial charge in [-0.15, -0.1) is 0 Å². The van der Waals surface area contributed by atoms with E-state index in [1.807, 2.05) is 0 Å². The average Bonchev–Trinajstić information content (AvgIpc) is 2.90. The first kappa shape index (κ1) is 11.3. The van der Waals surface area contributed by atoms with Crippen LogP contribution in [0.25, 0.3) is 10.9 Å². The molecule has 2 aromatic rings. The number of fused-ring (bicyclic) bond motifs is 3. The van der Waals surface area contributed by atoms with E-state index in [4.69, 9.17) is 0 Å². The van der Waals surface area contributed by atoms with Gasteiger partial charge in [0.05, 0.1) is 0 Å². The Morgan fingerprint density at radius 2 is 2.11 bits per heavy atom.